The first kappa shape index (κ1) is 21.5. The molecule has 5 nitrogen and oxygen atoms in total. The minimum Gasteiger partial charge on any atom is -0.494 e. The van der Waals surface area contributed by atoms with Crippen LogP contribution in [0.5, 0.6) is 11.5 Å². The van der Waals surface area contributed by atoms with Gasteiger partial charge in [0.15, 0.2) is 5.78 Å². The van der Waals surface area contributed by atoms with Crippen LogP contribution in [-0.2, 0) is 0 Å². The van der Waals surface area contributed by atoms with Crippen LogP contribution in [0.4, 0.5) is 0 Å². The molecule has 0 saturated carbocycles. The van der Waals surface area contributed by atoms with Crippen molar-refractivity contribution >= 4 is 5.78 Å². The molecule has 170 valence electrons. The van der Waals surface area contributed by atoms with Crippen molar-refractivity contribution in [1.29, 1.82) is 0 Å². The lowest BCUT2D eigenvalue weighted by atomic mass is 10.0. The quantitative estimate of drug-likeness (QED) is 0.537. The summed E-state index contributed by atoms with van der Waals surface area (Å²) >= 11 is 0. The van der Waals surface area contributed by atoms with Gasteiger partial charge in [0.1, 0.15) is 11.5 Å². The molecule has 2 saturated heterocycles. The fraction of sp³-hybridized carbons (Fsp3) is 0.519. The second-order valence-corrected chi connectivity index (χ2v) is 9.28. The zero-order valence-corrected chi connectivity index (χ0v) is 18.8. The number of nitrogens with one attached hydrogen (secondary N) is 2. The van der Waals surface area contributed by atoms with Crippen LogP contribution in [0, 0.1) is 0 Å². The summed E-state index contributed by atoms with van der Waals surface area (Å²) in [6, 6.07) is 12.7. The fourth-order valence-corrected chi connectivity index (χ4v) is 5.25. The number of fused-ring (bicyclic) bond motifs is 3. The Morgan fingerprint density at radius 3 is 2.19 bits per heavy atom. The first-order valence-corrected chi connectivity index (χ1v) is 12.3. The smallest absolute Gasteiger partial charge is 0.194 e. The summed E-state index contributed by atoms with van der Waals surface area (Å²) in [6.45, 7) is 3.56. The van der Waals surface area contributed by atoms with Crippen molar-refractivity contribution in [3.63, 3.8) is 0 Å². The summed E-state index contributed by atoms with van der Waals surface area (Å²) in [6.07, 6.45) is 9.58. The molecule has 2 heterocycles. The van der Waals surface area contributed by atoms with Crippen molar-refractivity contribution < 1.29 is 14.3 Å². The summed E-state index contributed by atoms with van der Waals surface area (Å²) < 4.78 is 12.3. The normalized spacial score (nSPS) is 22.3. The summed E-state index contributed by atoms with van der Waals surface area (Å²) in [5.74, 6) is 1.70. The summed E-state index contributed by atoms with van der Waals surface area (Å²) in [5.41, 5.74) is 3.33. The van der Waals surface area contributed by atoms with E-state index in [1.165, 1.54) is 38.5 Å². The SMILES string of the molecule is O=C1c2ccc(OCCC3CCCCN3)cc2-c2c(OCCC3CCCCN3)cccc21. The third-order valence-corrected chi connectivity index (χ3v) is 7.06. The number of carbonyl (C=O) groups excluding carboxylic acids is 1. The first-order chi connectivity index (χ1) is 15.8. The van der Waals surface area contributed by atoms with Crippen LogP contribution in [0.1, 0.15) is 67.3 Å². The number of ketones is 1. The van der Waals surface area contributed by atoms with Gasteiger partial charge in [-0.1, -0.05) is 25.0 Å². The first-order valence-electron chi connectivity index (χ1n) is 12.3. The van der Waals surface area contributed by atoms with Gasteiger partial charge in [-0.05, 0) is 75.9 Å². The van der Waals surface area contributed by atoms with E-state index in [2.05, 4.69) is 10.6 Å². The molecular weight excluding hydrogens is 400 g/mol. The Labute approximate surface area is 190 Å². The Morgan fingerprint density at radius 2 is 1.50 bits per heavy atom. The Hall–Kier alpha value is -2.37. The number of hydrogen-bond donors (Lipinski definition) is 2. The molecule has 0 bridgehead atoms. The van der Waals surface area contributed by atoms with Crippen molar-refractivity contribution in [3.8, 4) is 22.6 Å². The molecule has 2 aliphatic heterocycles. The lowest BCUT2D eigenvalue weighted by molar-refractivity contribution is 0.104. The molecule has 0 amide bonds. The molecule has 2 fully saturated rings. The standard InChI is InChI=1S/C27H34N2O3/c30-27-22-11-10-21(31-16-12-19-6-1-3-14-28-19)18-24(22)26-23(27)8-5-9-25(26)32-17-13-20-7-2-4-15-29-20/h5,8-11,18-20,28-29H,1-4,6-7,12-17H2. The van der Waals surface area contributed by atoms with Crippen LogP contribution in [0.25, 0.3) is 11.1 Å². The number of rotatable bonds is 8. The van der Waals surface area contributed by atoms with Crippen molar-refractivity contribution in [2.24, 2.45) is 0 Å². The Bertz CT molecular complexity index is 946. The van der Waals surface area contributed by atoms with Crippen molar-refractivity contribution in [1.82, 2.24) is 10.6 Å². The molecular formula is C27H34N2O3. The van der Waals surface area contributed by atoms with Crippen LogP contribution < -0.4 is 20.1 Å². The Morgan fingerprint density at radius 1 is 0.781 bits per heavy atom. The highest BCUT2D eigenvalue weighted by Gasteiger charge is 2.30. The highest BCUT2D eigenvalue weighted by Crippen LogP contribution is 2.44. The van der Waals surface area contributed by atoms with Gasteiger partial charge in [-0.3, -0.25) is 4.79 Å². The molecule has 2 aromatic carbocycles. The van der Waals surface area contributed by atoms with E-state index < -0.39 is 0 Å². The van der Waals surface area contributed by atoms with Crippen molar-refractivity contribution in [3.05, 3.63) is 47.5 Å². The Kier molecular flexibility index (Phi) is 6.75. The molecule has 2 N–H and O–H groups in total. The molecule has 0 aromatic heterocycles. The largest absolute Gasteiger partial charge is 0.494 e. The van der Waals surface area contributed by atoms with Crippen molar-refractivity contribution in [2.75, 3.05) is 26.3 Å². The summed E-state index contributed by atoms with van der Waals surface area (Å²) in [7, 11) is 0. The van der Waals surface area contributed by atoms with Crippen LogP contribution in [0.3, 0.4) is 0 Å². The molecule has 5 heteroatoms. The molecule has 32 heavy (non-hydrogen) atoms. The van der Waals surface area contributed by atoms with E-state index in [1.807, 2.05) is 36.4 Å². The maximum Gasteiger partial charge on any atom is 0.194 e. The molecule has 3 aliphatic rings. The number of ether oxygens (including phenoxy) is 2. The van der Waals surface area contributed by atoms with Crippen molar-refractivity contribution in [2.45, 2.75) is 63.5 Å². The maximum atomic E-state index is 13.0. The second-order valence-electron chi connectivity index (χ2n) is 9.28. The zero-order chi connectivity index (χ0) is 21.8. The number of benzene rings is 2. The topological polar surface area (TPSA) is 59.6 Å². The lowest BCUT2D eigenvalue weighted by Crippen LogP contribution is -2.35. The van der Waals surface area contributed by atoms with Gasteiger partial charge in [0.05, 0.1) is 13.2 Å². The van der Waals surface area contributed by atoms with Crippen LogP contribution in [0.2, 0.25) is 0 Å². The molecule has 2 aromatic rings. The van der Waals surface area contributed by atoms with E-state index in [9.17, 15) is 4.79 Å². The van der Waals surface area contributed by atoms with Crippen LogP contribution >= 0.6 is 0 Å². The van der Waals surface area contributed by atoms with Crippen LogP contribution in [0.15, 0.2) is 36.4 Å². The van der Waals surface area contributed by atoms with Gasteiger partial charge in [0.2, 0.25) is 0 Å². The van der Waals surface area contributed by atoms with E-state index in [-0.39, 0.29) is 5.78 Å². The van der Waals surface area contributed by atoms with Gasteiger partial charge in [-0.2, -0.15) is 0 Å². The van der Waals surface area contributed by atoms with Gasteiger partial charge in [-0.25, -0.2) is 0 Å². The van der Waals surface area contributed by atoms with E-state index in [0.717, 1.165) is 59.7 Å². The third kappa shape index (κ3) is 4.69. The van der Waals surface area contributed by atoms with E-state index in [0.29, 0.717) is 25.3 Å². The number of hydrogen-bond acceptors (Lipinski definition) is 5. The predicted octanol–water partition coefficient (Wildman–Crippen LogP) is 4.72. The van der Waals surface area contributed by atoms with E-state index >= 15 is 0 Å². The van der Waals surface area contributed by atoms with Gasteiger partial charge in [0, 0.05) is 34.3 Å². The second kappa shape index (κ2) is 10.1. The molecule has 5 rings (SSSR count). The molecule has 2 unspecified atom stereocenters. The summed E-state index contributed by atoms with van der Waals surface area (Å²) in [5, 5.41) is 7.15. The highest BCUT2D eigenvalue weighted by atomic mass is 16.5. The van der Waals surface area contributed by atoms with Gasteiger partial charge >= 0.3 is 0 Å². The summed E-state index contributed by atoms with van der Waals surface area (Å²) in [4.78, 5) is 13.0. The third-order valence-electron chi connectivity index (χ3n) is 7.06. The van der Waals surface area contributed by atoms with Gasteiger partial charge in [0.25, 0.3) is 0 Å². The van der Waals surface area contributed by atoms with Gasteiger partial charge in [-0.15, -0.1) is 0 Å². The maximum absolute atomic E-state index is 13.0. The monoisotopic (exact) mass is 434 g/mol. The fourth-order valence-electron chi connectivity index (χ4n) is 5.25. The Balaban J connectivity index is 1.27. The highest BCUT2D eigenvalue weighted by molar-refractivity contribution is 6.22. The number of carbonyl (C=O) groups is 1. The lowest BCUT2D eigenvalue weighted by Gasteiger charge is -2.23. The molecule has 0 radical (unpaired) electrons. The van der Waals surface area contributed by atoms with Crippen LogP contribution in [-0.4, -0.2) is 44.2 Å². The molecule has 1 aliphatic carbocycles. The molecule has 0 spiro atoms. The average molecular weight is 435 g/mol. The predicted molar refractivity (Wildman–Crippen MR) is 127 cm³/mol. The van der Waals surface area contributed by atoms with E-state index in [1.54, 1.807) is 0 Å². The van der Waals surface area contributed by atoms with Gasteiger partial charge < -0.3 is 20.1 Å². The average Bonchev–Trinajstić information content (AvgIpc) is 3.13. The van der Waals surface area contributed by atoms with E-state index in [4.69, 9.17) is 9.47 Å². The molecule has 2 atom stereocenters. The zero-order valence-electron chi connectivity index (χ0n) is 18.8. The number of piperidine rings is 2. The minimum absolute atomic E-state index is 0.0763. The minimum atomic E-state index is 0.0763.